The lowest BCUT2D eigenvalue weighted by Crippen LogP contribution is -2.30. The Balaban J connectivity index is 1.99. The van der Waals surface area contributed by atoms with Crippen LogP contribution in [-0.4, -0.2) is 13.6 Å². The fourth-order valence-electron chi connectivity index (χ4n) is 2.71. The lowest BCUT2D eigenvalue weighted by atomic mass is 10.0. The Kier molecular flexibility index (Phi) is 3.95. The monoisotopic (exact) mass is 296 g/mol. The van der Waals surface area contributed by atoms with Gasteiger partial charge in [0.15, 0.2) is 0 Å². The van der Waals surface area contributed by atoms with Crippen LogP contribution in [0.5, 0.6) is 0 Å². The van der Waals surface area contributed by atoms with Gasteiger partial charge in [0.2, 0.25) is 0 Å². The lowest BCUT2D eigenvalue weighted by Gasteiger charge is -2.29. The largest absolute Gasteiger partial charge is 0.366 e. The van der Waals surface area contributed by atoms with Gasteiger partial charge in [-0.2, -0.15) is 0 Å². The Morgan fingerprint density at radius 3 is 2.52 bits per heavy atom. The van der Waals surface area contributed by atoms with Gasteiger partial charge in [0, 0.05) is 24.0 Å². The van der Waals surface area contributed by atoms with Crippen LogP contribution in [0, 0.1) is 6.92 Å². The van der Waals surface area contributed by atoms with Gasteiger partial charge >= 0.3 is 0 Å². The van der Waals surface area contributed by atoms with Gasteiger partial charge in [0.1, 0.15) is 0 Å². The van der Waals surface area contributed by atoms with Crippen LogP contribution < -0.4 is 10.6 Å². The minimum atomic E-state index is 0.198. The molecule has 1 atom stereocenters. The minimum Gasteiger partial charge on any atom is -0.366 e. The SMILES string of the molecule is Cc1ccc(N(C)C(CN)c2csc3ccccc23)cc1. The van der Waals surface area contributed by atoms with Crippen LogP contribution in [0.3, 0.4) is 0 Å². The number of aryl methyl sites for hydroxylation is 1. The van der Waals surface area contributed by atoms with Crippen LogP contribution in [0.4, 0.5) is 5.69 Å². The first-order valence-electron chi connectivity index (χ1n) is 7.16. The van der Waals surface area contributed by atoms with E-state index < -0.39 is 0 Å². The Labute approximate surface area is 129 Å². The third-order valence-electron chi connectivity index (χ3n) is 4.00. The number of nitrogens with zero attached hydrogens (tertiary/aromatic N) is 1. The molecule has 2 N–H and O–H groups in total. The quantitative estimate of drug-likeness (QED) is 0.775. The van der Waals surface area contributed by atoms with Crippen molar-refractivity contribution in [2.45, 2.75) is 13.0 Å². The van der Waals surface area contributed by atoms with Crippen molar-refractivity contribution in [3.05, 3.63) is 65.0 Å². The molecule has 0 amide bonds. The van der Waals surface area contributed by atoms with Crippen LogP contribution in [0.25, 0.3) is 10.1 Å². The van der Waals surface area contributed by atoms with E-state index in [2.05, 4.69) is 72.8 Å². The summed E-state index contributed by atoms with van der Waals surface area (Å²) in [5.74, 6) is 0. The third-order valence-corrected chi connectivity index (χ3v) is 4.98. The molecule has 0 spiro atoms. The van der Waals surface area contributed by atoms with E-state index in [0.717, 1.165) is 0 Å². The van der Waals surface area contributed by atoms with Crippen molar-refractivity contribution in [1.82, 2.24) is 0 Å². The van der Waals surface area contributed by atoms with Crippen molar-refractivity contribution in [2.24, 2.45) is 5.73 Å². The van der Waals surface area contributed by atoms with E-state index in [9.17, 15) is 0 Å². The highest BCUT2D eigenvalue weighted by molar-refractivity contribution is 7.17. The van der Waals surface area contributed by atoms with Crippen molar-refractivity contribution in [2.75, 3.05) is 18.5 Å². The smallest absolute Gasteiger partial charge is 0.0675 e. The molecule has 3 aromatic rings. The van der Waals surface area contributed by atoms with Gasteiger partial charge in [-0.25, -0.2) is 0 Å². The zero-order valence-corrected chi connectivity index (χ0v) is 13.2. The number of rotatable bonds is 4. The average Bonchev–Trinajstić information content (AvgIpc) is 2.93. The second-order valence-corrected chi connectivity index (χ2v) is 6.30. The molecule has 21 heavy (non-hydrogen) atoms. The van der Waals surface area contributed by atoms with Gasteiger partial charge in [-0.3, -0.25) is 0 Å². The molecule has 1 unspecified atom stereocenters. The lowest BCUT2D eigenvalue weighted by molar-refractivity contribution is 0.687. The van der Waals surface area contributed by atoms with Gasteiger partial charge in [-0.1, -0.05) is 35.9 Å². The van der Waals surface area contributed by atoms with Crippen molar-refractivity contribution < 1.29 is 0 Å². The molecule has 0 bridgehead atoms. The van der Waals surface area contributed by atoms with Crippen molar-refractivity contribution in [3.63, 3.8) is 0 Å². The Morgan fingerprint density at radius 1 is 1.10 bits per heavy atom. The summed E-state index contributed by atoms with van der Waals surface area (Å²) in [6.07, 6.45) is 0. The molecule has 0 aliphatic carbocycles. The number of anilines is 1. The van der Waals surface area contributed by atoms with Crippen LogP contribution in [0.15, 0.2) is 53.9 Å². The number of hydrogen-bond acceptors (Lipinski definition) is 3. The first kappa shape index (κ1) is 14.1. The van der Waals surface area contributed by atoms with E-state index in [1.165, 1.54) is 26.9 Å². The molecule has 1 heterocycles. The number of nitrogens with two attached hydrogens (primary N) is 1. The molecule has 0 aliphatic rings. The van der Waals surface area contributed by atoms with Crippen LogP contribution >= 0.6 is 11.3 Å². The summed E-state index contributed by atoms with van der Waals surface area (Å²) in [5.41, 5.74) is 9.88. The van der Waals surface area contributed by atoms with E-state index in [0.29, 0.717) is 6.54 Å². The molecule has 0 saturated carbocycles. The van der Waals surface area contributed by atoms with Crippen LogP contribution in [-0.2, 0) is 0 Å². The Hall–Kier alpha value is -1.84. The summed E-state index contributed by atoms with van der Waals surface area (Å²) in [6.45, 7) is 2.71. The molecule has 0 radical (unpaired) electrons. The molecule has 1 aromatic heterocycles. The van der Waals surface area contributed by atoms with Gasteiger partial charge < -0.3 is 10.6 Å². The summed E-state index contributed by atoms with van der Waals surface area (Å²) >= 11 is 1.79. The van der Waals surface area contributed by atoms with Gasteiger partial charge in [-0.05, 0) is 41.5 Å². The summed E-state index contributed by atoms with van der Waals surface area (Å²) < 4.78 is 1.32. The molecule has 2 nitrogen and oxygen atoms in total. The molecule has 0 fully saturated rings. The standard InChI is InChI=1S/C18H20N2S/c1-13-7-9-14(10-8-13)20(2)17(11-19)16-12-21-18-6-4-3-5-15(16)18/h3-10,12,17H,11,19H2,1-2H3. The molecular formula is C18H20N2S. The van der Waals surface area contributed by atoms with Gasteiger partial charge in [-0.15, -0.1) is 11.3 Å². The fraction of sp³-hybridized carbons (Fsp3) is 0.222. The van der Waals surface area contributed by atoms with Crippen LogP contribution in [0.1, 0.15) is 17.2 Å². The summed E-state index contributed by atoms with van der Waals surface area (Å²) in [4.78, 5) is 2.27. The Morgan fingerprint density at radius 2 is 1.81 bits per heavy atom. The highest BCUT2D eigenvalue weighted by atomic mass is 32.1. The van der Waals surface area contributed by atoms with Crippen molar-refractivity contribution in [1.29, 1.82) is 0 Å². The zero-order valence-electron chi connectivity index (χ0n) is 12.4. The van der Waals surface area contributed by atoms with E-state index in [1.54, 1.807) is 11.3 Å². The molecule has 3 heteroatoms. The molecule has 2 aromatic carbocycles. The van der Waals surface area contributed by atoms with E-state index in [1.807, 2.05) is 0 Å². The summed E-state index contributed by atoms with van der Waals surface area (Å²) in [5, 5.41) is 3.56. The summed E-state index contributed by atoms with van der Waals surface area (Å²) in [6, 6.07) is 17.3. The normalized spacial score (nSPS) is 12.5. The second-order valence-electron chi connectivity index (χ2n) is 5.39. The minimum absolute atomic E-state index is 0.198. The number of likely N-dealkylation sites (N-methyl/N-ethyl adjacent to an activating group) is 1. The van der Waals surface area contributed by atoms with Crippen molar-refractivity contribution >= 4 is 27.1 Å². The third kappa shape index (κ3) is 2.67. The molecule has 3 rings (SSSR count). The van der Waals surface area contributed by atoms with E-state index >= 15 is 0 Å². The van der Waals surface area contributed by atoms with E-state index in [-0.39, 0.29) is 6.04 Å². The maximum Gasteiger partial charge on any atom is 0.0675 e. The first-order valence-corrected chi connectivity index (χ1v) is 8.04. The predicted molar refractivity (Wildman–Crippen MR) is 93.2 cm³/mol. The van der Waals surface area contributed by atoms with Gasteiger partial charge in [0.05, 0.1) is 6.04 Å². The number of thiophene rings is 1. The summed E-state index contributed by atoms with van der Waals surface area (Å²) in [7, 11) is 2.12. The maximum atomic E-state index is 6.09. The predicted octanol–water partition coefficient (Wildman–Crippen LogP) is 4.35. The second kappa shape index (κ2) is 5.88. The molecular weight excluding hydrogens is 276 g/mol. The fourth-order valence-corrected chi connectivity index (χ4v) is 3.72. The number of hydrogen-bond donors (Lipinski definition) is 1. The van der Waals surface area contributed by atoms with Crippen molar-refractivity contribution in [3.8, 4) is 0 Å². The Bertz CT molecular complexity index is 730. The highest BCUT2D eigenvalue weighted by Crippen LogP contribution is 2.34. The van der Waals surface area contributed by atoms with E-state index in [4.69, 9.17) is 5.73 Å². The number of fused-ring (bicyclic) bond motifs is 1. The zero-order chi connectivity index (χ0) is 14.8. The van der Waals surface area contributed by atoms with Gasteiger partial charge in [0.25, 0.3) is 0 Å². The average molecular weight is 296 g/mol. The first-order chi connectivity index (χ1) is 10.2. The van der Waals surface area contributed by atoms with Crippen LogP contribution in [0.2, 0.25) is 0 Å². The molecule has 0 saturated heterocycles. The number of benzene rings is 2. The molecule has 0 aliphatic heterocycles. The topological polar surface area (TPSA) is 29.3 Å². The molecule has 108 valence electrons. The highest BCUT2D eigenvalue weighted by Gasteiger charge is 2.19. The maximum absolute atomic E-state index is 6.09.